The maximum absolute atomic E-state index is 12.3. The van der Waals surface area contributed by atoms with E-state index in [1.54, 1.807) is 19.9 Å². The number of carbonyl (C=O) groups is 1. The molecule has 0 saturated carbocycles. The summed E-state index contributed by atoms with van der Waals surface area (Å²) in [7, 11) is 0. The Morgan fingerprint density at radius 2 is 2.11 bits per heavy atom. The van der Waals surface area contributed by atoms with Crippen molar-refractivity contribution in [1.29, 1.82) is 5.26 Å². The van der Waals surface area contributed by atoms with Crippen LogP contribution in [0.5, 0.6) is 0 Å². The molecule has 2 aromatic heterocycles. The van der Waals surface area contributed by atoms with Crippen LogP contribution in [0.15, 0.2) is 52.6 Å². The zero-order valence-corrected chi connectivity index (χ0v) is 16.4. The summed E-state index contributed by atoms with van der Waals surface area (Å²) in [4.78, 5) is 12.3. The third-order valence-corrected chi connectivity index (χ3v) is 5.11. The molecule has 0 atom stereocenters. The van der Waals surface area contributed by atoms with Gasteiger partial charge in [-0.2, -0.15) is 5.26 Å². The Balaban J connectivity index is 1.73. The van der Waals surface area contributed by atoms with Gasteiger partial charge in [0, 0.05) is 17.7 Å². The number of anilines is 1. The summed E-state index contributed by atoms with van der Waals surface area (Å²) in [5.41, 5.74) is 2.01. The molecule has 0 spiro atoms. The molecular weight excluding hydrogens is 374 g/mol. The summed E-state index contributed by atoms with van der Waals surface area (Å²) >= 11 is 1.26. The molecule has 1 aromatic carbocycles. The van der Waals surface area contributed by atoms with Crippen LogP contribution in [-0.2, 0) is 11.3 Å². The zero-order valence-electron chi connectivity index (χ0n) is 15.6. The summed E-state index contributed by atoms with van der Waals surface area (Å²) in [6.45, 7) is 7.84. The number of rotatable bonds is 7. The molecule has 3 rings (SSSR count). The third-order valence-electron chi connectivity index (χ3n) is 4.14. The Morgan fingerprint density at radius 1 is 1.36 bits per heavy atom. The van der Waals surface area contributed by atoms with Crippen molar-refractivity contribution >= 4 is 23.6 Å². The first-order valence-corrected chi connectivity index (χ1v) is 9.56. The van der Waals surface area contributed by atoms with Crippen molar-refractivity contribution in [3.63, 3.8) is 0 Å². The van der Waals surface area contributed by atoms with Crippen LogP contribution in [-0.4, -0.2) is 26.4 Å². The van der Waals surface area contributed by atoms with Gasteiger partial charge in [-0.15, -0.1) is 16.8 Å². The van der Waals surface area contributed by atoms with Crippen molar-refractivity contribution in [3.05, 3.63) is 59.9 Å². The van der Waals surface area contributed by atoms with Gasteiger partial charge in [-0.05, 0) is 13.8 Å². The molecule has 1 N–H and O–H groups in total. The van der Waals surface area contributed by atoms with E-state index in [4.69, 9.17) is 4.42 Å². The molecule has 0 aliphatic rings. The van der Waals surface area contributed by atoms with Crippen LogP contribution in [0.4, 0.5) is 5.88 Å². The van der Waals surface area contributed by atoms with Gasteiger partial charge in [-0.3, -0.25) is 14.7 Å². The normalized spacial score (nSPS) is 10.5. The number of hydrogen-bond donors (Lipinski definition) is 1. The van der Waals surface area contributed by atoms with Gasteiger partial charge in [0.1, 0.15) is 17.4 Å². The number of allylic oxidation sites excluding steroid dienone is 1. The first kappa shape index (κ1) is 19.5. The number of aromatic nitrogens is 3. The van der Waals surface area contributed by atoms with Gasteiger partial charge in [0.15, 0.2) is 11.0 Å². The zero-order chi connectivity index (χ0) is 20.1. The van der Waals surface area contributed by atoms with E-state index in [2.05, 4.69) is 28.2 Å². The van der Waals surface area contributed by atoms with E-state index in [1.807, 2.05) is 34.9 Å². The predicted octanol–water partition coefficient (Wildman–Crippen LogP) is 3.94. The molecule has 7 nitrogen and oxygen atoms in total. The van der Waals surface area contributed by atoms with Crippen molar-refractivity contribution < 1.29 is 9.21 Å². The van der Waals surface area contributed by atoms with Crippen LogP contribution in [0.1, 0.15) is 16.9 Å². The number of nitrogens with one attached hydrogen (secondary N) is 1. The predicted molar refractivity (Wildman–Crippen MR) is 108 cm³/mol. The molecule has 0 fully saturated rings. The van der Waals surface area contributed by atoms with Crippen molar-refractivity contribution in [2.24, 2.45) is 0 Å². The van der Waals surface area contributed by atoms with Gasteiger partial charge >= 0.3 is 0 Å². The minimum Gasteiger partial charge on any atom is -0.444 e. The van der Waals surface area contributed by atoms with Crippen molar-refractivity contribution in [2.75, 3.05) is 11.1 Å². The molecule has 0 saturated heterocycles. The standard InChI is InChI=1S/C20H19N5O2S/c1-4-10-25-18(15-8-6-5-7-9-15)23-24-20(25)28-12-17(26)22-19-16(11-21)13(2)14(3)27-19/h4-9H,1,10,12H2,2-3H3,(H,22,26). The second kappa shape index (κ2) is 8.59. The Kier molecular flexibility index (Phi) is 5.96. The smallest absolute Gasteiger partial charge is 0.237 e. The quantitative estimate of drug-likeness (QED) is 0.482. The topological polar surface area (TPSA) is 96.7 Å². The largest absolute Gasteiger partial charge is 0.444 e. The first-order chi connectivity index (χ1) is 13.5. The number of hydrogen-bond acceptors (Lipinski definition) is 6. The van der Waals surface area contributed by atoms with Crippen LogP contribution >= 0.6 is 11.8 Å². The number of thioether (sulfide) groups is 1. The fraction of sp³-hybridized carbons (Fsp3) is 0.200. The minimum atomic E-state index is -0.287. The fourth-order valence-corrected chi connectivity index (χ4v) is 3.38. The molecule has 8 heteroatoms. The molecule has 0 aliphatic carbocycles. The van der Waals surface area contributed by atoms with Crippen molar-refractivity contribution in [2.45, 2.75) is 25.5 Å². The maximum Gasteiger partial charge on any atom is 0.237 e. The number of carbonyl (C=O) groups excluding carboxylic acids is 1. The SMILES string of the molecule is C=CCn1c(SCC(=O)Nc2oc(C)c(C)c2C#N)nnc1-c1ccccc1. The molecule has 142 valence electrons. The number of amides is 1. The lowest BCUT2D eigenvalue weighted by Crippen LogP contribution is -2.15. The molecule has 1 amide bonds. The third kappa shape index (κ3) is 4.00. The van der Waals surface area contributed by atoms with Gasteiger partial charge in [0.05, 0.1) is 5.75 Å². The molecule has 0 radical (unpaired) electrons. The molecular formula is C20H19N5O2S. The molecule has 0 bridgehead atoms. The lowest BCUT2D eigenvalue weighted by Gasteiger charge is -2.07. The van der Waals surface area contributed by atoms with E-state index in [1.165, 1.54) is 11.8 Å². The highest BCUT2D eigenvalue weighted by Crippen LogP contribution is 2.27. The van der Waals surface area contributed by atoms with Crippen LogP contribution in [0.25, 0.3) is 11.4 Å². The van der Waals surface area contributed by atoms with E-state index in [9.17, 15) is 10.1 Å². The van der Waals surface area contributed by atoms with Gasteiger partial charge in [-0.1, -0.05) is 48.2 Å². The lowest BCUT2D eigenvalue weighted by molar-refractivity contribution is -0.113. The average molecular weight is 393 g/mol. The monoisotopic (exact) mass is 393 g/mol. The maximum atomic E-state index is 12.3. The number of nitriles is 1. The van der Waals surface area contributed by atoms with E-state index in [0.29, 0.717) is 28.8 Å². The van der Waals surface area contributed by atoms with E-state index < -0.39 is 0 Å². The van der Waals surface area contributed by atoms with E-state index in [0.717, 1.165) is 11.1 Å². The highest BCUT2D eigenvalue weighted by Gasteiger charge is 2.18. The summed E-state index contributed by atoms with van der Waals surface area (Å²) in [5, 5.41) is 21.0. The van der Waals surface area contributed by atoms with Crippen LogP contribution < -0.4 is 5.32 Å². The van der Waals surface area contributed by atoms with Gasteiger partial charge < -0.3 is 4.42 Å². The van der Waals surface area contributed by atoms with Gasteiger partial charge in [-0.25, -0.2) is 0 Å². The first-order valence-electron chi connectivity index (χ1n) is 8.57. The summed E-state index contributed by atoms with van der Waals surface area (Å²) in [5.74, 6) is 1.32. The molecule has 28 heavy (non-hydrogen) atoms. The number of benzene rings is 1. The highest BCUT2D eigenvalue weighted by molar-refractivity contribution is 7.99. The Hall–Kier alpha value is -3.31. The summed E-state index contributed by atoms with van der Waals surface area (Å²) in [6.07, 6.45) is 1.76. The summed E-state index contributed by atoms with van der Waals surface area (Å²) in [6, 6.07) is 11.8. The minimum absolute atomic E-state index is 0.105. The molecule has 3 aromatic rings. The van der Waals surface area contributed by atoms with E-state index >= 15 is 0 Å². The second-order valence-electron chi connectivity index (χ2n) is 6.01. The van der Waals surface area contributed by atoms with E-state index in [-0.39, 0.29) is 17.5 Å². The van der Waals surface area contributed by atoms with Crippen molar-refractivity contribution in [3.8, 4) is 17.5 Å². The number of aryl methyl sites for hydroxylation is 1. The van der Waals surface area contributed by atoms with Crippen molar-refractivity contribution in [1.82, 2.24) is 14.8 Å². The van der Waals surface area contributed by atoms with Crippen LogP contribution in [0, 0.1) is 25.2 Å². The molecule has 2 heterocycles. The van der Waals surface area contributed by atoms with Gasteiger partial charge in [0.2, 0.25) is 11.8 Å². The second-order valence-corrected chi connectivity index (χ2v) is 6.95. The number of furan rings is 1. The average Bonchev–Trinajstić information content (AvgIpc) is 3.21. The highest BCUT2D eigenvalue weighted by atomic mass is 32.2. The van der Waals surface area contributed by atoms with Crippen LogP contribution in [0.3, 0.4) is 0 Å². The Labute approximate surface area is 167 Å². The Morgan fingerprint density at radius 3 is 2.79 bits per heavy atom. The number of nitrogens with zero attached hydrogens (tertiary/aromatic N) is 4. The molecule has 0 unspecified atom stereocenters. The Bertz CT molecular complexity index is 1050. The lowest BCUT2D eigenvalue weighted by atomic mass is 10.2. The fourth-order valence-electron chi connectivity index (χ4n) is 2.63. The van der Waals surface area contributed by atoms with Crippen LogP contribution in [0.2, 0.25) is 0 Å². The summed E-state index contributed by atoms with van der Waals surface area (Å²) < 4.78 is 7.38. The van der Waals surface area contributed by atoms with Gasteiger partial charge in [0.25, 0.3) is 0 Å². The molecule has 0 aliphatic heterocycles.